The second-order valence-corrected chi connectivity index (χ2v) is 18.6. The summed E-state index contributed by atoms with van der Waals surface area (Å²) < 4.78 is 11.6. The SMILES string of the molecule is C=C1CC[C@H](O[Si](C)(C)C(C)(C)C)C/C1=C\C=C1/CCC[C@@]2(C)C1CCC2[C@H](C)CCCC(=O)OC. The van der Waals surface area contributed by atoms with Gasteiger partial charge in [-0.2, -0.15) is 0 Å². The molecule has 3 nitrogen and oxygen atoms in total. The number of fused-ring (bicyclic) bond motifs is 1. The molecule has 0 saturated heterocycles. The molecule has 0 bridgehead atoms. The van der Waals surface area contributed by atoms with E-state index in [-0.39, 0.29) is 11.0 Å². The Balaban J connectivity index is 1.68. The van der Waals surface area contributed by atoms with Crippen molar-refractivity contribution in [1.82, 2.24) is 0 Å². The van der Waals surface area contributed by atoms with Crippen LogP contribution in [0.15, 0.2) is 35.5 Å². The summed E-state index contributed by atoms with van der Waals surface area (Å²) in [5.74, 6) is 2.04. The fraction of sp³-hybridized carbons (Fsp3) is 0.781. The number of ether oxygens (including phenoxy) is 1. The molecule has 0 heterocycles. The molecule has 0 amide bonds. The Labute approximate surface area is 223 Å². The van der Waals surface area contributed by atoms with Crippen LogP contribution < -0.4 is 0 Å². The van der Waals surface area contributed by atoms with Crippen molar-refractivity contribution in [2.75, 3.05) is 7.11 Å². The summed E-state index contributed by atoms with van der Waals surface area (Å²) in [7, 11) is -0.272. The molecule has 0 spiro atoms. The van der Waals surface area contributed by atoms with Gasteiger partial charge >= 0.3 is 5.97 Å². The number of rotatable bonds is 8. The molecule has 5 atom stereocenters. The average Bonchev–Trinajstić information content (AvgIpc) is 3.15. The van der Waals surface area contributed by atoms with Crippen LogP contribution in [0.4, 0.5) is 0 Å². The lowest BCUT2D eigenvalue weighted by Gasteiger charge is -2.44. The summed E-state index contributed by atoms with van der Waals surface area (Å²) in [6, 6.07) is 0. The minimum atomic E-state index is -1.76. The van der Waals surface area contributed by atoms with Crippen LogP contribution in [-0.4, -0.2) is 27.5 Å². The van der Waals surface area contributed by atoms with Gasteiger partial charge < -0.3 is 9.16 Å². The molecule has 204 valence electrons. The van der Waals surface area contributed by atoms with E-state index in [1.54, 1.807) is 5.57 Å². The monoisotopic (exact) mass is 514 g/mol. The smallest absolute Gasteiger partial charge is 0.305 e. The highest BCUT2D eigenvalue weighted by Gasteiger charge is 2.50. The maximum atomic E-state index is 11.6. The molecule has 0 aromatic heterocycles. The number of esters is 1. The van der Waals surface area contributed by atoms with E-state index in [0.29, 0.717) is 29.8 Å². The van der Waals surface area contributed by atoms with Crippen molar-refractivity contribution in [3.8, 4) is 0 Å². The van der Waals surface area contributed by atoms with Crippen molar-refractivity contribution >= 4 is 14.3 Å². The first kappa shape index (κ1) is 29.4. The van der Waals surface area contributed by atoms with Gasteiger partial charge in [0.2, 0.25) is 0 Å². The quantitative estimate of drug-likeness (QED) is 0.239. The maximum absolute atomic E-state index is 11.6. The molecule has 2 unspecified atom stereocenters. The topological polar surface area (TPSA) is 35.5 Å². The number of hydrogen-bond acceptors (Lipinski definition) is 3. The predicted octanol–water partition coefficient (Wildman–Crippen LogP) is 9.17. The third kappa shape index (κ3) is 6.65. The third-order valence-electron chi connectivity index (χ3n) is 10.4. The Morgan fingerprint density at radius 1 is 1.19 bits per heavy atom. The average molecular weight is 515 g/mol. The number of carbonyl (C=O) groups excluding carboxylic acids is 1. The first-order valence-corrected chi connectivity index (χ1v) is 17.5. The van der Waals surface area contributed by atoms with E-state index < -0.39 is 8.32 Å². The van der Waals surface area contributed by atoms with Gasteiger partial charge in [0, 0.05) is 12.5 Å². The summed E-state index contributed by atoms with van der Waals surface area (Å²) in [6.45, 7) is 21.1. The second kappa shape index (κ2) is 11.7. The van der Waals surface area contributed by atoms with Crippen LogP contribution >= 0.6 is 0 Å². The molecule has 3 fully saturated rings. The van der Waals surface area contributed by atoms with E-state index in [9.17, 15) is 4.79 Å². The molecule has 0 aliphatic heterocycles. The molecule has 3 aliphatic carbocycles. The summed E-state index contributed by atoms with van der Waals surface area (Å²) in [5.41, 5.74) is 4.78. The van der Waals surface area contributed by atoms with Crippen molar-refractivity contribution in [1.29, 1.82) is 0 Å². The Bertz CT molecular complexity index is 861. The summed E-state index contributed by atoms with van der Waals surface area (Å²) in [5, 5.41) is 0.245. The largest absolute Gasteiger partial charge is 0.469 e. The lowest BCUT2D eigenvalue weighted by molar-refractivity contribution is -0.140. The van der Waals surface area contributed by atoms with Gasteiger partial charge in [0.1, 0.15) is 0 Å². The number of carbonyl (C=O) groups is 1. The molecular formula is C32H54O3Si. The van der Waals surface area contributed by atoms with Crippen molar-refractivity contribution in [3.05, 3.63) is 35.5 Å². The molecule has 0 radical (unpaired) electrons. The molecule has 0 aromatic carbocycles. The van der Waals surface area contributed by atoms with Gasteiger partial charge in [0.15, 0.2) is 8.32 Å². The van der Waals surface area contributed by atoms with Gasteiger partial charge in [-0.1, -0.05) is 64.5 Å². The Hall–Kier alpha value is -1.13. The van der Waals surface area contributed by atoms with Gasteiger partial charge in [0.25, 0.3) is 0 Å². The summed E-state index contributed by atoms with van der Waals surface area (Å²) in [4.78, 5) is 11.6. The van der Waals surface area contributed by atoms with E-state index >= 15 is 0 Å². The zero-order valence-electron chi connectivity index (χ0n) is 24.7. The van der Waals surface area contributed by atoms with Gasteiger partial charge in [-0.15, -0.1) is 0 Å². The van der Waals surface area contributed by atoms with E-state index in [2.05, 4.69) is 66.4 Å². The van der Waals surface area contributed by atoms with E-state index in [1.807, 2.05) is 0 Å². The highest BCUT2D eigenvalue weighted by Crippen LogP contribution is 2.60. The highest BCUT2D eigenvalue weighted by atomic mass is 28.4. The number of methoxy groups -OCH3 is 1. The molecular weight excluding hydrogens is 460 g/mol. The lowest BCUT2D eigenvalue weighted by atomic mass is 9.60. The second-order valence-electron chi connectivity index (χ2n) is 13.8. The normalized spacial score (nSPS) is 32.6. The standard InChI is InChI=1S/C32H54O3Si/c1-23-15-18-27(35-36(8,9)31(3,4)5)22-26(23)17-16-25-13-11-21-32(6)28(19-20-29(25)32)24(2)12-10-14-30(33)34-7/h16-17,24,27-29H,1,10-15,18-22H2,2-9H3/b25-16+,26-17+/t24-,27+,28?,29?,32-/m1/s1. The highest BCUT2D eigenvalue weighted by molar-refractivity contribution is 6.74. The zero-order valence-corrected chi connectivity index (χ0v) is 25.7. The Kier molecular flexibility index (Phi) is 9.58. The first-order chi connectivity index (χ1) is 16.8. The molecule has 0 N–H and O–H groups in total. The molecule has 3 saturated carbocycles. The van der Waals surface area contributed by atoms with Crippen LogP contribution in [0.3, 0.4) is 0 Å². The van der Waals surface area contributed by atoms with Gasteiger partial charge in [0.05, 0.1) is 7.11 Å². The third-order valence-corrected chi connectivity index (χ3v) is 15.0. The molecule has 4 heteroatoms. The molecule has 0 aromatic rings. The van der Waals surface area contributed by atoms with E-state index in [0.717, 1.165) is 38.0 Å². The summed E-state index contributed by atoms with van der Waals surface area (Å²) in [6.07, 6.45) is 17.5. The van der Waals surface area contributed by atoms with Crippen LogP contribution in [0.25, 0.3) is 0 Å². The van der Waals surface area contributed by atoms with Crippen LogP contribution in [0.1, 0.15) is 105 Å². The lowest BCUT2D eigenvalue weighted by Crippen LogP contribution is -2.44. The maximum Gasteiger partial charge on any atom is 0.305 e. The van der Waals surface area contributed by atoms with Crippen molar-refractivity contribution < 1.29 is 14.0 Å². The Morgan fingerprint density at radius 3 is 2.58 bits per heavy atom. The van der Waals surface area contributed by atoms with E-state index in [1.165, 1.54) is 50.4 Å². The molecule has 3 aliphatic rings. The van der Waals surface area contributed by atoms with E-state index in [4.69, 9.17) is 9.16 Å². The molecule has 3 rings (SSSR count). The van der Waals surface area contributed by atoms with Crippen LogP contribution in [0.2, 0.25) is 18.1 Å². The van der Waals surface area contributed by atoms with Crippen molar-refractivity contribution in [3.63, 3.8) is 0 Å². The van der Waals surface area contributed by atoms with Gasteiger partial charge in [-0.05, 0) is 111 Å². The fourth-order valence-electron chi connectivity index (χ4n) is 7.16. The number of hydrogen-bond donors (Lipinski definition) is 0. The van der Waals surface area contributed by atoms with Crippen LogP contribution in [0.5, 0.6) is 0 Å². The minimum Gasteiger partial charge on any atom is -0.469 e. The van der Waals surface area contributed by atoms with Gasteiger partial charge in [-0.25, -0.2) is 0 Å². The zero-order chi connectivity index (χ0) is 26.7. The fourth-order valence-corrected chi connectivity index (χ4v) is 8.55. The van der Waals surface area contributed by atoms with Crippen LogP contribution in [-0.2, 0) is 14.0 Å². The predicted molar refractivity (Wildman–Crippen MR) is 154 cm³/mol. The van der Waals surface area contributed by atoms with Gasteiger partial charge in [-0.3, -0.25) is 4.79 Å². The van der Waals surface area contributed by atoms with Crippen molar-refractivity contribution in [2.24, 2.45) is 23.2 Å². The summed E-state index contributed by atoms with van der Waals surface area (Å²) >= 11 is 0. The number of allylic oxidation sites excluding steroid dienone is 4. The first-order valence-electron chi connectivity index (χ1n) is 14.6. The Morgan fingerprint density at radius 2 is 1.92 bits per heavy atom. The van der Waals surface area contributed by atoms with Crippen molar-refractivity contribution in [2.45, 2.75) is 129 Å². The molecule has 36 heavy (non-hydrogen) atoms. The van der Waals surface area contributed by atoms with Crippen LogP contribution in [0, 0.1) is 23.2 Å². The minimum absolute atomic E-state index is 0.0742.